The molecule has 2 aromatic carbocycles. The fraction of sp³-hybridized carbons (Fsp3) is 0.286. The first kappa shape index (κ1) is 18.8. The molecule has 6 heteroatoms. The zero-order valence-electron chi connectivity index (χ0n) is 15.8. The lowest BCUT2D eigenvalue weighted by atomic mass is 10.2. The van der Waals surface area contributed by atoms with Crippen LogP contribution in [0.15, 0.2) is 53.1 Å². The van der Waals surface area contributed by atoms with Crippen molar-refractivity contribution in [1.29, 1.82) is 0 Å². The molecule has 1 heterocycles. The molecule has 0 saturated carbocycles. The smallest absolute Gasteiger partial charge is 0.229 e. The second-order valence-corrected chi connectivity index (χ2v) is 5.90. The second kappa shape index (κ2) is 9.09. The van der Waals surface area contributed by atoms with Crippen molar-refractivity contribution in [2.24, 2.45) is 0 Å². The average molecular weight is 368 g/mol. The van der Waals surface area contributed by atoms with Crippen LogP contribution in [0.3, 0.4) is 0 Å². The Kier molecular flexibility index (Phi) is 6.33. The summed E-state index contributed by atoms with van der Waals surface area (Å²) in [5.41, 5.74) is 2.74. The van der Waals surface area contributed by atoms with Crippen molar-refractivity contribution in [2.45, 2.75) is 20.0 Å². The zero-order valence-corrected chi connectivity index (χ0v) is 15.8. The highest BCUT2D eigenvalue weighted by Gasteiger charge is 2.12. The van der Waals surface area contributed by atoms with Crippen LogP contribution in [0.2, 0.25) is 0 Å². The number of methoxy groups -OCH3 is 2. The van der Waals surface area contributed by atoms with Gasteiger partial charge in [-0.2, -0.15) is 0 Å². The van der Waals surface area contributed by atoms with Crippen molar-refractivity contribution in [3.8, 4) is 28.7 Å². The molecular formula is C21H24N2O4. The molecule has 0 unspecified atom stereocenters. The van der Waals surface area contributed by atoms with Gasteiger partial charge < -0.3 is 23.9 Å². The minimum absolute atomic E-state index is 0.555. The molecule has 0 aliphatic carbocycles. The van der Waals surface area contributed by atoms with Crippen LogP contribution in [0.5, 0.6) is 17.2 Å². The first-order valence-corrected chi connectivity index (χ1v) is 8.82. The van der Waals surface area contributed by atoms with Gasteiger partial charge in [-0.3, -0.25) is 0 Å². The Labute approximate surface area is 159 Å². The highest BCUT2D eigenvalue weighted by atomic mass is 16.5. The van der Waals surface area contributed by atoms with Crippen molar-refractivity contribution in [3.63, 3.8) is 0 Å². The molecule has 0 atom stereocenters. The Morgan fingerprint density at radius 1 is 1.00 bits per heavy atom. The van der Waals surface area contributed by atoms with Crippen LogP contribution in [0, 0.1) is 0 Å². The fourth-order valence-corrected chi connectivity index (χ4v) is 2.74. The van der Waals surface area contributed by atoms with Gasteiger partial charge in [0.25, 0.3) is 0 Å². The summed E-state index contributed by atoms with van der Waals surface area (Å²) in [7, 11) is 3.28. The molecule has 6 nitrogen and oxygen atoms in total. The van der Waals surface area contributed by atoms with Gasteiger partial charge in [0.15, 0.2) is 0 Å². The third-order valence-corrected chi connectivity index (χ3v) is 4.02. The predicted octanol–water partition coefficient (Wildman–Crippen LogP) is 4.05. The minimum atomic E-state index is 0.555. The first-order chi connectivity index (χ1) is 13.2. The van der Waals surface area contributed by atoms with Crippen LogP contribution in [-0.4, -0.2) is 25.8 Å². The molecule has 0 aliphatic rings. The summed E-state index contributed by atoms with van der Waals surface area (Å²) < 4.78 is 21.9. The summed E-state index contributed by atoms with van der Waals surface area (Å²) in [6.07, 6.45) is 1.66. The lowest BCUT2D eigenvalue weighted by molar-refractivity contribution is 0.340. The normalized spacial score (nSPS) is 10.6. The monoisotopic (exact) mass is 368 g/mol. The third kappa shape index (κ3) is 4.80. The van der Waals surface area contributed by atoms with E-state index in [1.807, 2.05) is 49.4 Å². The standard InChI is InChI=1S/C21H24N2O4/c1-4-26-20-8-6-5-7-19(20)21-23-16(14-27-21)13-22-12-15-9-17(24-2)11-18(10-15)25-3/h5-11,14,22H,4,12-13H2,1-3H3. The maximum atomic E-state index is 5.64. The molecule has 0 radical (unpaired) electrons. The van der Waals surface area contributed by atoms with E-state index in [1.54, 1.807) is 20.5 Å². The summed E-state index contributed by atoms with van der Waals surface area (Å²) in [6.45, 7) is 3.79. The van der Waals surface area contributed by atoms with Gasteiger partial charge in [-0.05, 0) is 36.8 Å². The number of nitrogens with zero attached hydrogens (tertiary/aromatic N) is 1. The van der Waals surface area contributed by atoms with Crippen LogP contribution in [0.25, 0.3) is 11.5 Å². The van der Waals surface area contributed by atoms with Gasteiger partial charge in [0.05, 0.1) is 32.1 Å². The molecule has 0 spiro atoms. The minimum Gasteiger partial charge on any atom is -0.497 e. The van der Waals surface area contributed by atoms with E-state index in [-0.39, 0.29) is 0 Å². The number of ether oxygens (including phenoxy) is 3. The molecule has 0 bridgehead atoms. The Balaban J connectivity index is 1.64. The number of hydrogen-bond acceptors (Lipinski definition) is 6. The molecule has 1 aromatic heterocycles. The van der Waals surface area contributed by atoms with Crippen LogP contribution in [0.4, 0.5) is 0 Å². The van der Waals surface area contributed by atoms with E-state index in [0.29, 0.717) is 25.6 Å². The van der Waals surface area contributed by atoms with E-state index in [1.165, 1.54) is 0 Å². The summed E-state index contributed by atoms with van der Waals surface area (Å²) in [5.74, 6) is 2.86. The van der Waals surface area contributed by atoms with Crippen molar-refractivity contribution in [2.75, 3.05) is 20.8 Å². The summed E-state index contributed by atoms with van der Waals surface area (Å²) in [5, 5.41) is 3.36. The van der Waals surface area contributed by atoms with E-state index in [4.69, 9.17) is 18.6 Å². The van der Waals surface area contributed by atoms with E-state index < -0.39 is 0 Å². The van der Waals surface area contributed by atoms with Gasteiger partial charge in [-0.1, -0.05) is 12.1 Å². The SMILES string of the molecule is CCOc1ccccc1-c1nc(CNCc2cc(OC)cc(OC)c2)co1. The van der Waals surface area contributed by atoms with Gasteiger partial charge in [-0.25, -0.2) is 4.98 Å². The third-order valence-electron chi connectivity index (χ3n) is 4.02. The molecule has 3 rings (SSSR count). The molecule has 142 valence electrons. The lowest BCUT2D eigenvalue weighted by Gasteiger charge is -2.09. The Morgan fingerprint density at radius 3 is 2.44 bits per heavy atom. The zero-order chi connectivity index (χ0) is 19.1. The molecule has 0 aliphatic heterocycles. The number of para-hydroxylation sites is 1. The fourth-order valence-electron chi connectivity index (χ4n) is 2.74. The van der Waals surface area contributed by atoms with Gasteiger partial charge in [0.2, 0.25) is 5.89 Å². The van der Waals surface area contributed by atoms with Gasteiger partial charge in [-0.15, -0.1) is 0 Å². The molecule has 1 N–H and O–H groups in total. The Hall–Kier alpha value is -2.99. The number of rotatable bonds is 9. The summed E-state index contributed by atoms with van der Waals surface area (Å²) in [4.78, 5) is 4.56. The first-order valence-electron chi connectivity index (χ1n) is 8.82. The van der Waals surface area contributed by atoms with Crippen molar-refractivity contribution in [3.05, 3.63) is 60.0 Å². The number of aromatic nitrogens is 1. The maximum absolute atomic E-state index is 5.64. The van der Waals surface area contributed by atoms with E-state index >= 15 is 0 Å². The van der Waals surface area contributed by atoms with Gasteiger partial charge in [0, 0.05) is 19.2 Å². The van der Waals surface area contributed by atoms with Crippen molar-refractivity contribution in [1.82, 2.24) is 10.3 Å². The molecule has 0 fully saturated rings. The molecule has 0 amide bonds. The summed E-state index contributed by atoms with van der Waals surface area (Å²) >= 11 is 0. The highest BCUT2D eigenvalue weighted by Crippen LogP contribution is 2.29. The van der Waals surface area contributed by atoms with E-state index in [9.17, 15) is 0 Å². The molecule has 27 heavy (non-hydrogen) atoms. The van der Waals surface area contributed by atoms with E-state index in [0.717, 1.165) is 34.1 Å². The lowest BCUT2D eigenvalue weighted by Crippen LogP contribution is -2.13. The van der Waals surface area contributed by atoms with Crippen molar-refractivity contribution >= 4 is 0 Å². The van der Waals surface area contributed by atoms with Crippen LogP contribution >= 0.6 is 0 Å². The van der Waals surface area contributed by atoms with Crippen LogP contribution in [0.1, 0.15) is 18.2 Å². The maximum Gasteiger partial charge on any atom is 0.229 e. The topological polar surface area (TPSA) is 65.8 Å². The molecule has 0 saturated heterocycles. The van der Waals surface area contributed by atoms with Gasteiger partial charge >= 0.3 is 0 Å². The van der Waals surface area contributed by atoms with Crippen LogP contribution < -0.4 is 19.5 Å². The van der Waals surface area contributed by atoms with Crippen LogP contribution in [-0.2, 0) is 13.1 Å². The number of nitrogens with one attached hydrogen (secondary N) is 1. The number of benzene rings is 2. The number of hydrogen-bond donors (Lipinski definition) is 1. The summed E-state index contributed by atoms with van der Waals surface area (Å²) in [6, 6.07) is 13.5. The van der Waals surface area contributed by atoms with Gasteiger partial charge in [0.1, 0.15) is 23.5 Å². The molecule has 3 aromatic rings. The Bertz CT molecular complexity index is 854. The van der Waals surface area contributed by atoms with Crippen molar-refractivity contribution < 1.29 is 18.6 Å². The highest BCUT2D eigenvalue weighted by molar-refractivity contribution is 5.62. The second-order valence-electron chi connectivity index (χ2n) is 5.90. The average Bonchev–Trinajstić information content (AvgIpc) is 3.17. The van der Waals surface area contributed by atoms with E-state index in [2.05, 4.69) is 10.3 Å². The number of oxazole rings is 1. The quantitative estimate of drug-likeness (QED) is 0.615. The Morgan fingerprint density at radius 2 is 1.74 bits per heavy atom. The molecular weight excluding hydrogens is 344 g/mol. The predicted molar refractivity (Wildman–Crippen MR) is 103 cm³/mol. The largest absolute Gasteiger partial charge is 0.497 e.